The van der Waals surface area contributed by atoms with Crippen LogP contribution in [0.4, 0.5) is 16.0 Å². The molecule has 10 heteroatoms. The zero-order chi connectivity index (χ0) is 22.8. The van der Waals surface area contributed by atoms with Crippen LogP contribution in [0, 0.1) is 5.82 Å². The fraction of sp³-hybridized carbons (Fsp3) is 0. The molecule has 0 saturated carbocycles. The Labute approximate surface area is 186 Å². The van der Waals surface area contributed by atoms with Crippen molar-refractivity contribution in [2.75, 3.05) is 11.1 Å². The molecule has 0 aliphatic carbocycles. The second-order valence-corrected chi connectivity index (χ2v) is 7.09. The number of nitrogens with two attached hydrogens (primary N) is 1. The molecule has 0 fully saturated rings. The molecule has 0 spiro atoms. The number of aromatic carboxylic acids is 1. The van der Waals surface area contributed by atoms with Crippen LogP contribution in [0.25, 0.3) is 16.9 Å². The zero-order valence-corrected chi connectivity index (χ0v) is 17.0. The highest BCUT2D eigenvalue weighted by atomic mass is 35.5. The van der Waals surface area contributed by atoms with Gasteiger partial charge in [-0.2, -0.15) is 5.10 Å². The van der Waals surface area contributed by atoms with Crippen LogP contribution in [-0.4, -0.2) is 31.7 Å². The second-order valence-electron chi connectivity index (χ2n) is 6.68. The van der Waals surface area contributed by atoms with Gasteiger partial charge in [0.25, 0.3) is 5.91 Å². The minimum Gasteiger partial charge on any atom is -0.476 e. The van der Waals surface area contributed by atoms with Crippen molar-refractivity contribution in [2.45, 2.75) is 0 Å². The van der Waals surface area contributed by atoms with E-state index in [-0.39, 0.29) is 27.9 Å². The van der Waals surface area contributed by atoms with Crippen LogP contribution in [0.2, 0.25) is 5.02 Å². The molecular formula is C22H15ClFN5O3. The Kier molecular flexibility index (Phi) is 5.57. The van der Waals surface area contributed by atoms with Crippen molar-refractivity contribution < 1.29 is 19.1 Å². The van der Waals surface area contributed by atoms with E-state index in [1.54, 1.807) is 36.4 Å². The number of carbonyl (C=O) groups excluding carboxylic acids is 1. The number of para-hydroxylation sites is 1. The minimum atomic E-state index is -1.24. The van der Waals surface area contributed by atoms with Crippen LogP contribution < -0.4 is 11.1 Å². The average molecular weight is 452 g/mol. The average Bonchev–Trinajstić information content (AvgIpc) is 3.20. The minimum absolute atomic E-state index is 0.103. The molecular weight excluding hydrogens is 437 g/mol. The maximum Gasteiger partial charge on any atom is 0.356 e. The largest absolute Gasteiger partial charge is 0.476 e. The summed E-state index contributed by atoms with van der Waals surface area (Å²) in [5.74, 6) is -2.61. The van der Waals surface area contributed by atoms with Gasteiger partial charge in [-0.05, 0) is 36.4 Å². The fourth-order valence-corrected chi connectivity index (χ4v) is 3.21. The zero-order valence-electron chi connectivity index (χ0n) is 16.3. The Hall–Kier alpha value is -4.24. The maximum atomic E-state index is 13.4. The molecule has 0 radical (unpaired) electrons. The van der Waals surface area contributed by atoms with Gasteiger partial charge in [0.2, 0.25) is 0 Å². The van der Waals surface area contributed by atoms with E-state index >= 15 is 0 Å². The molecule has 4 N–H and O–H groups in total. The van der Waals surface area contributed by atoms with Gasteiger partial charge < -0.3 is 16.2 Å². The predicted octanol–water partition coefficient (Wildman–Crippen LogP) is 4.26. The van der Waals surface area contributed by atoms with Gasteiger partial charge in [0, 0.05) is 11.6 Å². The summed E-state index contributed by atoms with van der Waals surface area (Å²) in [7, 11) is 0. The van der Waals surface area contributed by atoms with Crippen molar-refractivity contribution in [1.29, 1.82) is 0 Å². The summed E-state index contributed by atoms with van der Waals surface area (Å²) in [5.41, 5.74) is 6.81. The molecule has 2 heterocycles. The van der Waals surface area contributed by atoms with Gasteiger partial charge in [-0.25, -0.2) is 18.9 Å². The first-order chi connectivity index (χ1) is 15.3. The van der Waals surface area contributed by atoms with E-state index in [1.165, 1.54) is 35.0 Å². The summed E-state index contributed by atoms with van der Waals surface area (Å²) in [4.78, 5) is 28.4. The van der Waals surface area contributed by atoms with Crippen molar-refractivity contribution in [3.05, 3.63) is 88.8 Å². The SMILES string of the molecule is Nc1nc(-c2ccc(Cl)c(C(=O)Nc3cc(C(=O)O)nn3-c3ccccc3)c2)ccc1F. The Morgan fingerprint density at radius 1 is 1.06 bits per heavy atom. The van der Waals surface area contributed by atoms with Crippen molar-refractivity contribution in [3.8, 4) is 16.9 Å². The predicted molar refractivity (Wildman–Crippen MR) is 118 cm³/mol. The highest BCUT2D eigenvalue weighted by molar-refractivity contribution is 6.34. The van der Waals surface area contributed by atoms with Crippen molar-refractivity contribution in [3.63, 3.8) is 0 Å². The molecule has 0 aliphatic rings. The first-order valence-corrected chi connectivity index (χ1v) is 9.63. The number of anilines is 2. The number of pyridine rings is 1. The van der Waals surface area contributed by atoms with Crippen LogP contribution in [0.3, 0.4) is 0 Å². The number of hydrogen-bond donors (Lipinski definition) is 3. The number of nitrogens with zero attached hydrogens (tertiary/aromatic N) is 3. The lowest BCUT2D eigenvalue weighted by atomic mass is 10.1. The van der Waals surface area contributed by atoms with E-state index in [2.05, 4.69) is 15.4 Å². The third kappa shape index (κ3) is 4.14. The first kappa shape index (κ1) is 21.0. The molecule has 160 valence electrons. The van der Waals surface area contributed by atoms with Crippen molar-refractivity contribution >= 4 is 35.1 Å². The standard InChI is InChI=1S/C22H15ClFN5O3/c23-15-7-6-12(17-9-8-16(24)20(25)26-17)10-14(15)21(30)27-19-11-18(22(31)32)28-29(19)13-4-2-1-3-5-13/h1-11H,(H2,25,26)(H,27,30)(H,31,32). The summed E-state index contributed by atoms with van der Waals surface area (Å²) >= 11 is 6.23. The van der Waals surface area contributed by atoms with Crippen molar-refractivity contribution in [1.82, 2.24) is 14.8 Å². The van der Waals surface area contributed by atoms with Crippen LogP contribution in [-0.2, 0) is 0 Å². The van der Waals surface area contributed by atoms with E-state index in [0.29, 0.717) is 16.9 Å². The Balaban J connectivity index is 1.70. The molecule has 32 heavy (non-hydrogen) atoms. The van der Waals surface area contributed by atoms with Crippen LogP contribution in [0.1, 0.15) is 20.8 Å². The molecule has 0 atom stereocenters. The van der Waals surface area contributed by atoms with Crippen molar-refractivity contribution in [2.24, 2.45) is 0 Å². The Morgan fingerprint density at radius 2 is 1.81 bits per heavy atom. The van der Waals surface area contributed by atoms with E-state index in [9.17, 15) is 19.1 Å². The molecule has 0 saturated heterocycles. The second kappa shape index (κ2) is 8.48. The molecule has 0 aliphatic heterocycles. The molecule has 1 amide bonds. The lowest BCUT2D eigenvalue weighted by Crippen LogP contribution is -2.15. The van der Waals surface area contributed by atoms with Gasteiger partial charge in [0.1, 0.15) is 5.82 Å². The number of benzene rings is 2. The highest BCUT2D eigenvalue weighted by Crippen LogP contribution is 2.27. The van der Waals surface area contributed by atoms with Gasteiger partial charge in [0.15, 0.2) is 17.3 Å². The maximum absolute atomic E-state index is 13.4. The number of hydrogen-bond acceptors (Lipinski definition) is 5. The lowest BCUT2D eigenvalue weighted by molar-refractivity contribution is 0.0689. The van der Waals surface area contributed by atoms with Gasteiger partial charge in [0.05, 0.1) is 22.0 Å². The number of nitrogen functional groups attached to an aromatic ring is 1. The quantitative estimate of drug-likeness (QED) is 0.416. The number of amides is 1. The first-order valence-electron chi connectivity index (χ1n) is 9.25. The monoisotopic (exact) mass is 451 g/mol. The summed E-state index contributed by atoms with van der Waals surface area (Å²) in [6.07, 6.45) is 0. The third-order valence-corrected chi connectivity index (χ3v) is 4.88. The highest BCUT2D eigenvalue weighted by Gasteiger charge is 2.19. The molecule has 0 bridgehead atoms. The van der Waals surface area contributed by atoms with Crippen LogP contribution in [0.15, 0.2) is 66.7 Å². The summed E-state index contributed by atoms with van der Waals surface area (Å²) in [6.45, 7) is 0. The number of carbonyl (C=O) groups is 2. The van der Waals surface area contributed by atoms with E-state index in [4.69, 9.17) is 17.3 Å². The topological polar surface area (TPSA) is 123 Å². The van der Waals surface area contributed by atoms with Gasteiger partial charge >= 0.3 is 5.97 Å². The van der Waals surface area contributed by atoms with Crippen LogP contribution in [0.5, 0.6) is 0 Å². The Morgan fingerprint density at radius 3 is 2.50 bits per heavy atom. The van der Waals surface area contributed by atoms with E-state index < -0.39 is 17.7 Å². The molecule has 8 nitrogen and oxygen atoms in total. The molecule has 4 aromatic rings. The summed E-state index contributed by atoms with van der Waals surface area (Å²) in [6, 6.07) is 17.2. The smallest absolute Gasteiger partial charge is 0.356 e. The van der Waals surface area contributed by atoms with Gasteiger partial charge in [-0.15, -0.1) is 0 Å². The third-order valence-electron chi connectivity index (χ3n) is 4.55. The van der Waals surface area contributed by atoms with E-state index in [0.717, 1.165) is 0 Å². The molecule has 2 aromatic heterocycles. The van der Waals surface area contributed by atoms with Crippen LogP contribution >= 0.6 is 11.6 Å². The van der Waals surface area contributed by atoms with E-state index in [1.807, 2.05) is 0 Å². The lowest BCUT2D eigenvalue weighted by Gasteiger charge is -2.11. The number of carboxylic acids is 1. The summed E-state index contributed by atoms with van der Waals surface area (Å²) < 4.78 is 14.7. The number of carboxylic acid groups (broad SMARTS) is 1. The Bertz CT molecular complexity index is 1340. The number of halogens is 2. The normalized spacial score (nSPS) is 10.7. The molecule has 2 aromatic carbocycles. The number of rotatable bonds is 5. The summed E-state index contributed by atoms with van der Waals surface area (Å²) in [5, 5.41) is 16.2. The number of nitrogens with one attached hydrogen (secondary N) is 1. The van der Waals surface area contributed by atoms with Gasteiger partial charge in [-0.1, -0.05) is 35.9 Å². The molecule has 0 unspecified atom stereocenters. The number of aromatic nitrogens is 3. The van der Waals surface area contributed by atoms with Gasteiger partial charge in [-0.3, -0.25) is 4.79 Å². The molecule has 4 rings (SSSR count). The fourth-order valence-electron chi connectivity index (χ4n) is 3.00.